The summed E-state index contributed by atoms with van der Waals surface area (Å²) >= 11 is 0. The van der Waals surface area contributed by atoms with Gasteiger partial charge in [0, 0.05) is 68.9 Å². The Labute approximate surface area is 281 Å². The number of hydrogen-bond acceptors (Lipinski definition) is 9. The Morgan fingerprint density at radius 2 is 1.68 bits per heavy atom. The standard InChI is InChI=1S/C32H32F5N7O6/c33-18-1-2-23(35)22(10-18)27-25(41-31(47)48)12-20(16-50-27)42-5-7-43(8-6-42)30-39-14-21(15-40-30)44-4-3-32(49,29(44)46)28(45)38-13-17-9-19(34)11-24(36)26(17)37/h1-2,9-11,14-15,20,25,27,41,49H,3-8,12-13,16H2,(H,38,45)(H,47,48)/t20-,25+,27-,32?/m1/s1. The van der Waals surface area contributed by atoms with Crippen molar-refractivity contribution in [3.63, 3.8) is 0 Å². The molecule has 0 spiro atoms. The Morgan fingerprint density at radius 1 is 0.960 bits per heavy atom. The maximum absolute atomic E-state index is 14.5. The maximum Gasteiger partial charge on any atom is 0.404 e. The minimum absolute atomic E-state index is 0.0634. The molecule has 0 bridgehead atoms. The van der Waals surface area contributed by atoms with Gasteiger partial charge in [-0.15, -0.1) is 0 Å². The SMILES string of the molecule is O=C(O)N[C@H]1C[C@@H](N2CCN(c3ncc(N4CCC(O)(C(=O)NCc5cc(F)cc(F)c5F)C4=O)cn3)CC2)CO[C@@H]1c1cc(F)ccc1F. The number of nitrogens with zero attached hydrogens (tertiary/aromatic N) is 5. The second-order valence-electron chi connectivity index (χ2n) is 12.2. The molecule has 266 valence electrons. The Morgan fingerprint density at radius 3 is 2.38 bits per heavy atom. The number of amides is 3. The van der Waals surface area contributed by atoms with Crippen molar-refractivity contribution in [2.24, 2.45) is 0 Å². The van der Waals surface area contributed by atoms with Crippen LogP contribution in [-0.4, -0.2) is 100 Å². The fraction of sp³-hybridized carbons (Fsp3) is 0.406. The molecule has 6 rings (SSSR count). The highest BCUT2D eigenvalue weighted by molar-refractivity contribution is 6.16. The zero-order chi connectivity index (χ0) is 35.7. The summed E-state index contributed by atoms with van der Waals surface area (Å²) in [4.78, 5) is 51.2. The molecule has 3 fully saturated rings. The fourth-order valence-electron chi connectivity index (χ4n) is 6.53. The van der Waals surface area contributed by atoms with Crippen LogP contribution >= 0.6 is 0 Å². The highest BCUT2D eigenvalue weighted by Crippen LogP contribution is 2.33. The molecule has 13 nitrogen and oxygen atoms in total. The molecule has 3 amide bonds. The molecule has 4 atom stereocenters. The van der Waals surface area contributed by atoms with Gasteiger partial charge in [-0.05, 0) is 30.7 Å². The number of aromatic nitrogens is 2. The molecular weight excluding hydrogens is 673 g/mol. The number of anilines is 2. The summed E-state index contributed by atoms with van der Waals surface area (Å²) in [6, 6.07) is 2.96. The summed E-state index contributed by atoms with van der Waals surface area (Å²) in [5.41, 5.74) is -2.86. The van der Waals surface area contributed by atoms with Crippen LogP contribution in [0.2, 0.25) is 0 Å². The second kappa shape index (κ2) is 14.1. The first-order valence-electron chi connectivity index (χ1n) is 15.7. The van der Waals surface area contributed by atoms with E-state index in [2.05, 4.69) is 25.5 Å². The Bertz CT molecular complexity index is 1780. The molecule has 0 radical (unpaired) electrons. The van der Waals surface area contributed by atoms with Crippen molar-refractivity contribution in [3.05, 3.63) is 82.9 Å². The predicted molar refractivity (Wildman–Crippen MR) is 164 cm³/mol. The molecule has 50 heavy (non-hydrogen) atoms. The quantitative estimate of drug-likeness (QED) is 0.156. The first-order chi connectivity index (χ1) is 23.8. The van der Waals surface area contributed by atoms with Gasteiger partial charge >= 0.3 is 6.09 Å². The van der Waals surface area contributed by atoms with Gasteiger partial charge in [0.25, 0.3) is 11.8 Å². The van der Waals surface area contributed by atoms with Crippen molar-refractivity contribution >= 4 is 29.5 Å². The zero-order valence-corrected chi connectivity index (χ0v) is 26.3. The minimum atomic E-state index is -2.51. The zero-order valence-electron chi connectivity index (χ0n) is 26.3. The van der Waals surface area contributed by atoms with Crippen LogP contribution in [0.25, 0.3) is 0 Å². The van der Waals surface area contributed by atoms with Crippen LogP contribution in [0.5, 0.6) is 0 Å². The number of ether oxygens (including phenoxy) is 1. The van der Waals surface area contributed by atoms with Crippen molar-refractivity contribution in [2.75, 3.05) is 49.1 Å². The molecule has 2 aromatic carbocycles. The lowest BCUT2D eigenvalue weighted by molar-refractivity contribution is -0.149. The number of aliphatic hydroxyl groups is 1. The van der Waals surface area contributed by atoms with Gasteiger partial charge in [0.05, 0.1) is 30.7 Å². The van der Waals surface area contributed by atoms with Gasteiger partial charge in [-0.25, -0.2) is 36.7 Å². The molecule has 18 heteroatoms. The molecule has 1 aromatic heterocycles. The number of carboxylic acid groups (broad SMARTS) is 1. The van der Waals surface area contributed by atoms with E-state index < -0.39 is 76.8 Å². The Balaban J connectivity index is 1.03. The van der Waals surface area contributed by atoms with Crippen LogP contribution in [0, 0.1) is 29.1 Å². The van der Waals surface area contributed by atoms with Crippen LogP contribution in [0.4, 0.5) is 38.4 Å². The number of hydrogen-bond donors (Lipinski definition) is 4. The molecule has 0 saturated carbocycles. The number of carbonyl (C=O) groups excluding carboxylic acids is 2. The van der Waals surface area contributed by atoms with Crippen LogP contribution < -0.4 is 20.4 Å². The summed E-state index contributed by atoms with van der Waals surface area (Å²) in [7, 11) is 0. The van der Waals surface area contributed by atoms with E-state index in [1.54, 1.807) is 0 Å². The van der Waals surface area contributed by atoms with Crippen LogP contribution in [0.1, 0.15) is 30.1 Å². The van der Waals surface area contributed by atoms with Crippen molar-refractivity contribution in [3.8, 4) is 0 Å². The largest absolute Gasteiger partial charge is 0.465 e. The lowest BCUT2D eigenvalue weighted by Crippen LogP contribution is -2.57. The average Bonchev–Trinajstić information content (AvgIpc) is 3.41. The van der Waals surface area contributed by atoms with E-state index in [9.17, 15) is 46.5 Å². The van der Waals surface area contributed by atoms with E-state index in [-0.39, 0.29) is 36.9 Å². The van der Waals surface area contributed by atoms with Gasteiger partial charge in [0.15, 0.2) is 11.6 Å². The van der Waals surface area contributed by atoms with Crippen LogP contribution in [-0.2, 0) is 20.9 Å². The lowest BCUT2D eigenvalue weighted by atomic mass is 9.92. The summed E-state index contributed by atoms with van der Waals surface area (Å²) in [6.07, 6.45) is 0.397. The topological polar surface area (TPSA) is 160 Å². The summed E-state index contributed by atoms with van der Waals surface area (Å²) in [5, 5.41) is 24.8. The predicted octanol–water partition coefficient (Wildman–Crippen LogP) is 2.24. The van der Waals surface area contributed by atoms with Crippen molar-refractivity contribution in [2.45, 2.75) is 43.2 Å². The van der Waals surface area contributed by atoms with Crippen molar-refractivity contribution < 1.29 is 51.3 Å². The molecule has 3 aromatic rings. The molecule has 3 saturated heterocycles. The Hall–Kier alpha value is -4.94. The smallest absolute Gasteiger partial charge is 0.404 e. The van der Waals surface area contributed by atoms with Gasteiger partial charge in [-0.2, -0.15) is 0 Å². The molecule has 4 heterocycles. The third kappa shape index (κ3) is 7.03. The third-order valence-electron chi connectivity index (χ3n) is 9.16. The normalized spacial score (nSPS) is 24.4. The van der Waals surface area contributed by atoms with Crippen LogP contribution in [0.3, 0.4) is 0 Å². The van der Waals surface area contributed by atoms with E-state index in [1.807, 2.05) is 4.90 Å². The van der Waals surface area contributed by atoms with Crippen molar-refractivity contribution in [1.82, 2.24) is 25.5 Å². The van der Waals surface area contributed by atoms with E-state index in [0.717, 1.165) is 23.1 Å². The van der Waals surface area contributed by atoms with Crippen molar-refractivity contribution in [1.29, 1.82) is 0 Å². The number of nitrogens with one attached hydrogen (secondary N) is 2. The first kappa shape index (κ1) is 34.9. The van der Waals surface area contributed by atoms with Gasteiger partial charge in [-0.1, -0.05) is 0 Å². The fourth-order valence-corrected chi connectivity index (χ4v) is 6.53. The minimum Gasteiger partial charge on any atom is -0.465 e. The van der Waals surface area contributed by atoms with E-state index in [1.165, 1.54) is 12.4 Å². The number of rotatable bonds is 8. The van der Waals surface area contributed by atoms with Gasteiger partial charge in [0.2, 0.25) is 11.5 Å². The van der Waals surface area contributed by atoms with Crippen LogP contribution in [0.15, 0.2) is 42.7 Å². The molecule has 3 aliphatic rings. The number of benzene rings is 2. The van der Waals surface area contributed by atoms with Gasteiger partial charge < -0.3 is 35.4 Å². The molecular formula is C32H32F5N7O6. The number of halogens is 5. The van der Waals surface area contributed by atoms with E-state index in [0.29, 0.717) is 50.7 Å². The van der Waals surface area contributed by atoms with E-state index >= 15 is 0 Å². The monoisotopic (exact) mass is 705 g/mol. The third-order valence-corrected chi connectivity index (χ3v) is 9.16. The molecule has 0 aliphatic carbocycles. The van der Waals surface area contributed by atoms with Gasteiger partial charge in [0.1, 0.15) is 23.6 Å². The lowest BCUT2D eigenvalue weighted by Gasteiger charge is -2.44. The summed E-state index contributed by atoms with van der Waals surface area (Å²) in [6.45, 7) is 1.44. The molecule has 3 aliphatic heterocycles. The van der Waals surface area contributed by atoms with Gasteiger partial charge in [-0.3, -0.25) is 14.5 Å². The Kier molecular flexibility index (Phi) is 9.86. The number of carbonyl (C=O) groups is 3. The number of piperazine rings is 1. The highest BCUT2D eigenvalue weighted by Gasteiger charge is 2.52. The summed E-state index contributed by atoms with van der Waals surface area (Å²) in [5.74, 6) is -7.01. The maximum atomic E-state index is 14.5. The molecule has 1 unspecified atom stereocenters. The second-order valence-corrected chi connectivity index (χ2v) is 12.2. The molecule has 4 N–H and O–H groups in total. The van der Waals surface area contributed by atoms with E-state index in [4.69, 9.17) is 4.74 Å². The highest BCUT2D eigenvalue weighted by atomic mass is 19.2. The summed E-state index contributed by atoms with van der Waals surface area (Å²) < 4.78 is 75.3. The first-order valence-corrected chi connectivity index (χ1v) is 15.7. The average molecular weight is 706 g/mol.